The number of aliphatic hydroxyl groups excluding tert-OH is 1. The Bertz CT molecular complexity index is 1330. The minimum Gasteiger partial charge on any atom is -0.457 e. The number of hydrogen-bond donors (Lipinski definition) is 4. The summed E-state index contributed by atoms with van der Waals surface area (Å²) in [6.07, 6.45) is 7.88. The van der Waals surface area contributed by atoms with Gasteiger partial charge in [-0.2, -0.15) is 0 Å². The van der Waals surface area contributed by atoms with Crippen molar-refractivity contribution in [2.45, 2.75) is 135 Å². The third-order valence-electron chi connectivity index (χ3n) is 9.50. The number of esters is 2. The number of aromatic nitrogens is 1. The van der Waals surface area contributed by atoms with E-state index in [0.717, 1.165) is 12.0 Å². The normalized spacial score (nSPS) is 31.5. The minimum atomic E-state index is -1.46. The molecule has 4 N–H and O–H groups in total. The van der Waals surface area contributed by atoms with Crippen LogP contribution in [-0.4, -0.2) is 93.2 Å². The summed E-state index contributed by atoms with van der Waals surface area (Å²) >= 11 is 5.97. The summed E-state index contributed by atoms with van der Waals surface area (Å²) in [7, 11) is 1.69. The van der Waals surface area contributed by atoms with Crippen LogP contribution in [0.15, 0.2) is 54.3 Å². The number of ether oxygens (including phenoxy) is 4. The predicted molar refractivity (Wildman–Crippen MR) is 187 cm³/mol. The van der Waals surface area contributed by atoms with Gasteiger partial charge in [0.1, 0.15) is 29.1 Å². The van der Waals surface area contributed by atoms with Crippen molar-refractivity contribution < 1.29 is 43.9 Å². The first kappa shape index (κ1) is 40.8. The van der Waals surface area contributed by atoms with Gasteiger partial charge < -0.3 is 39.6 Å². The van der Waals surface area contributed by atoms with Gasteiger partial charge in [0.2, 0.25) is 0 Å². The standard InChI is InChI=1S/C37H55ClN2O9/c1-9-28(46-8)24(4)33-34(49-33)35(40-21-26-13-15-30(38)39-20-26)37(7,45)17-10-11-22(2)32-23(3)12-14-29(47-25(5)41)36(6,44)18-16-27(42)19-31(43)48-32/h10-15,17,20,23-24,27-29,32-35,40,42,44-45H,9,16,18-19,21H2,1-8H3/t23-,24+,27+,28-,29-,32+,33?,34-,35?,36+,37?/m0/s1. The zero-order valence-electron chi connectivity index (χ0n) is 30.0. The number of carbonyl (C=O) groups is 2. The number of nitrogens with zero attached hydrogens (tertiary/aromatic N) is 1. The Morgan fingerprint density at radius 2 is 2.00 bits per heavy atom. The fourth-order valence-electron chi connectivity index (χ4n) is 6.41. The maximum Gasteiger partial charge on any atom is 0.309 e. The van der Waals surface area contributed by atoms with Gasteiger partial charge in [-0.15, -0.1) is 0 Å². The number of carbonyl (C=O) groups excluding carboxylic acids is 2. The maximum absolute atomic E-state index is 12.9. The molecule has 0 amide bonds. The van der Waals surface area contributed by atoms with Gasteiger partial charge in [-0.3, -0.25) is 9.59 Å². The van der Waals surface area contributed by atoms with Gasteiger partial charge in [0, 0.05) is 38.6 Å². The minimum absolute atomic E-state index is 0.0171. The van der Waals surface area contributed by atoms with Crippen LogP contribution in [0.5, 0.6) is 0 Å². The summed E-state index contributed by atoms with van der Waals surface area (Å²) in [4.78, 5) is 28.8. The van der Waals surface area contributed by atoms with Crippen molar-refractivity contribution in [3.63, 3.8) is 0 Å². The molecule has 0 saturated carbocycles. The third-order valence-corrected chi connectivity index (χ3v) is 9.73. The lowest BCUT2D eigenvalue weighted by molar-refractivity contribution is -0.157. The summed E-state index contributed by atoms with van der Waals surface area (Å²) in [5.41, 5.74) is -1.26. The summed E-state index contributed by atoms with van der Waals surface area (Å²) in [6.45, 7) is 12.8. The second-order valence-electron chi connectivity index (χ2n) is 13.9. The lowest BCUT2D eigenvalue weighted by Crippen LogP contribution is -2.52. The Morgan fingerprint density at radius 1 is 1.29 bits per heavy atom. The molecule has 0 radical (unpaired) electrons. The molecule has 3 unspecified atom stereocenters. The Hall–Kier alpha value is -2.64. The highest BCUT2D eigenvalue weighted by Crippen LogP contribution is 2.39. The first-order valence-electron chi connectivity index (χ1n) is 17.0. The monoisotopic (exact) mass is 706 g/mol. The Labute approximate surface area is 295 Å². The molecule has 12 heteroatoms. The molecular weight excluding hydrogens is 652 g/mol. The van der Waals surface area contributed by atoms with Crippen molar-refractivity contribution in [1.29, 1.82) is 0 Å². The van der Waals surface area contributed by atoms with Gasteiger partial charge in [-0.05, 0) is 63.3 Å². The van der Waals surface area contributed by atoms with Gasteiger partial charge in [-0.25, -0.2) is 4.98 Å². The van der Waals surface area contributed by atoms with Crippen LogP contribution < -0.4 is 5.32 Å². The number of rotatable bonds is 13. The van der Waals surface area contributed by atoms with Gasteiger partial charge in [0.05, 0.1) is 36.4 Å². The molecule has 1 saturated heterocycles. The van der Waals surface area contributed by atoms with Gasteiger partial charge in [0.25, 0.3) is 0 Å². The Balaban J connectivity index is 1.87. The van der Waals surface area contributed by atoms with Crippen LogP contribution >= 0.6 is 11.6 Å². The highest BCUT2D eigenvalue weighted by atomic mass is 35.5. The van der Waals surface area contributed by atoms with Crippen LogP contribution in [0.2, 0.25) is 5.15 Å². The van der Waals surface area contributed by atoms with Crippen LogP contribution in [0.1, 0.15) is 79.7 Å². The molecule has 3 heterocycles. The van der Waals surface area contributed by atoms with Gasteiger partial charge in [0.15, 0.2) is 0 Å². The topological polar surface area (TPSA) is 160 Å². The molecule has 274 valence electrons. The molecule has 0 spiro atoms. The van der Waals surface area contributed by atoms with Crippen molar-refractivity contribution in [1.82, 2.24) is 10.3 Å². The van der Waals surface area contributed by atoms with Crippen LogP contribution in [0.25, 0.3) is 0 Å². The Morgan fingerprint density at radius 3 is 2.61 bits per heavy atom. The molecule has 1 fully saturated rings. The highest BCUT2D eigenvalue weighted by Gasteiger charge is 2.54. The van der Waals surface area contributed by atoms with E-state index in [1.165, 1.54) is 13.8 Å². The average Bonchev–Trinajstić information content (AvgIpc) is 3.81. The van der Waals surface area contributed by atoms with Crippen LogP contribution in [0.3, 0.4) is 0 Å². The number of epoxide rings is 1. The van der Waals surface area contributed by atoms with Crippen LogP contribution in [0.4, 0.5) is 0 Å². The van der Waals surface area contributed by atoms with Gasteiger partial charge in [-0.1, -0.05) is 62.7 Å². The molecular formula is C37H55ClN2O9. The molecule has 1 aromatic rings. The van der Waals surface area contributed by atoms with E-state index in [0.29, 0.717) is 17.3 Å². The average molecular weight is 707 g/mol. The van der Waals surface area contributed by atoms with Crippen molar-refractivity contribution in [2.24, 2.45) is 11.8 Å². The van der Waals surface area contributed by atoms with E-state index in [9.17, 15) is 24.9 Å². The largest absolute Gasteiger partial charge is 0.457 e. The first-order valence-corrected chi connectivity index (χ1v) is 17.4. The fourth-order valence-corrected chi connectivity index (χ4v) is 6.52. The summed E-state index contributed by atoms with van der Waals surface area (Å²) in [5, 5.41) is 37.3. The van der Waals surface area contributed by atoms with E-state index in [4.69, 9.17) is 30.5 Å². The van der Waals surface area contributed by atoms with Crippen molar-refractivity contribution in [3.05, 3.63) is 65.0 Å². The van der Waals surface area contributed by atoms with E-state index in [2.05, 4.69) is 24.1 Å². The molecule has 3 rings (SSSR count). The number of nitrogens with one attached hydrogen (secondary N) is 1. The van der Waals surface area contributed by atoms with E-state index >= 15 is 0 Å². The summed E-state index contributed by atoms with van der Waals surface area (Å²) < 4.78 is 23.1. The molecule has 2 aliphatic heterocycles. The number of aliphatic hydroxyl groups is 3. The molecule has 0 aliphatic carbocycles. The third kappa shape index (κ3) is 12.0. The fraction of sp³-hybridized carbons (Fsp3) is 0.649. The Kier molecular flexibility index (Phi) is 15.0. The zero-order valence-corrected chi connectivity index (χ0v) is 30.7. The molecule has 0 bridgehead atoms. The second-order valence-corrected chi connectivity index (χ2v) is 14.3. The molecule has 49 heavy (non-hydrogen) atoms. The first-order chi connectivity index (χ1) is 23.0. The van der Waals surface area contributed by atoms with Gasteiger partial charge >= 0.3 is 11.9 Å². The van der Waals surface area contributed by atoms with E-state index in [1.54, 1.807) is 56.7 Å². The van der Waals surface area contributed by atoms with Crippen molar-refractivity contribution in [2.75, 3.05) is 7.11 Å². The van der Waals surface area contributed by atoms with Crippen LogP contribution in [-0.2, 0) is 35.1 Å². The molecule has 0 aromatic carbocycles. The predicted octanol–water partition coefficient (Wildman–Crippen LogP) is 4.61. The quantitative estimate of drug-likeness (QED) is 0.0746. The molecule has 1 aromatic heterocycles. The second kappa shape index (κ2) is 18.0. The number of cyclic esters (lactones) is 1. The van der Waals surface area contributed by atoms with Crippen LogP contribution in [0, 0.1) is 11.8 Å². The van der Waals surface area contributed by atoms with E-state index in [1.807, 2.05) is 19.9 Å². The summed E-state index contributed by atoms with van der Waals surface area (Å²) in [5.74, 6) is -1.41. The van der Waals surface area contributed by atoms with Crippen molar-refractivity contribution in [3.8, 4) is 0 Å². The maximum atomic E-state index is 12.9. The number of hydrogen-bond acceptors (Lipinski definition) is 11. The molecule has 11 atom stereocenters. The number of methoxy groups -OCH3 is 1. The highest BCUT2D eigenvalue weighted by molar-refractivity contribution is 6.29. The number of halogens is 1. The smallest absolute Gasteiger partial charge is 0.309 e. The zero-order chi connectivity index (χ0) is 36.5. The lowest BCUT2D eigenvalue weighted by atomic mass is 9.87. The van der Waals surface area contributed by atoms with E-state index < -0.39 is 53.4 Å². The van der Waals surface area contributed by atoms with Crippen molar-refractivity contribution >= 4 is 23.5 Å². The SMILES string of the molecule is CC[C@H](OC)[C@@H](C)C1O[C@@H]1C(NCc1ccc(Cl)nc1)C(C)(O)C=CC=C(C)[C@H]1OC(=O)C[C@H](O)CC[C@@](C)(O)[C@@H](OC(C)=O)C=C[C@@H]1C. The molecule has 2 aliphatic rings. The summed E-state index contributed by atoms with van der Waals surface area (Å²) in [6, 6.07) is 3.09. The number of allylic oxidation sites excluding steroid dienone is 2. The molecule has 11 nitrogen and oxygen atoms in total. The lowest BCUT2D eigenvalue weighted by Gasteiger charge is -2.32. The van der Waals surface area contributed by atoms with E-state index in [-0.39, 0.29) is 43.5 Å². The number of pyridine rings is 1.